The number of Topliss-reactive ketones (excluding diaryl/α,β-unsaturated/α-hetero) is 1. The average molecular weight is 656 g/mol. The van der Waals surface area contributed by atoms with Gasteiger partial charge < -0.3 is 20.2 Å². The first-order valence-corrected chi connectivity index (χ1v) is 14.4. The van der Waals surface area contributed by atoms with E-state index in [1.54, 1.807) is 25.1 Å². The minimum atomic E-state index is -5.02. The summed E-state index contributed by atoms with van der Waals surface area (Å²) in [5.74, 6) is -2.99. The second-order valence-electron chi connectivity index (χ2n) is 9.96. The first-order valence-electron chi connectivity index (χ1n) is 13.0. The number of nitrogen functional groups attached to an aromatic ring is 1. The topological polar surface area (TPSA) is 206 Å². The molecule has 0 amide bonds. The molecule has 2 aliphatic carbocycles. The van der Waals surface area contributed by atoms with Crippen molar-refractivity contribution in [2.24, 2.45) is 10.2 Å². The number of fused-ring (bicyclic) bond motifs is 1. The molecule has 3 aromatic rings. The van der Waals surface area contributed by atoms with Crippen molar-refractivity contribution in [2.75, 3.05) is 16.6 Å². The Hall–Kier alpha value is -3.66. The molecular weight excluding hydrogens is 632 g/mol. The van der Waals surface area contributed by atoms with E-state index in [0.717, 1.165) is 40.5 Å². The third kappa shape index (κ3) is 8.00. The molecular formula is C31H23N5Na2O7S. The van der Waals surface area contributed by atoms with Crippen LogP contribution in [0.4, 0.5) is 17.1 Å². The van der Waals surface area contributed by atoms with Gasteiger partial charge in [-0.1, -0.05) is 18.2 Å². The molecule has 0 bridgehead atoms. The number of carboxylic acids is 1. The van der Waals surface area contributed by atoms with Crippen LogP contribution in [-0.2, 0) is 19.7 Å². The van der Waals surface area contributed by atoms with Gasteiger partial charge in [0.05, 0.1) is 28.0 Å². The first kappa shape index (κ1) is 36.8. The zero-order valence-corrected chi connectivity index (χ0v) is 30.1. The molecule has 0 aliphatic heterocycles. The van der Waals surface area contributed by atoms with Gasteiger partial charge in [-0.25, -0.2) is 8.42 Å². The predicted molar refractivity (Wildman–Crippen MR) is 164 cm³/mol. The fourth-order valence-corrected chi connectivity index (χ4v) is 5.21. The molecule has 0 saturated heterocycles. The number of hydrogen-bond acceptors (Lipinski definition) is 12. The van der Waals surface area contributed by atoms with Gasteiger partial charge in [0.1, 0.15) is 15.8 Å². The molecule has 0 fully saturated rings. The fraction of sp³-hybridized carbons (Fsp3) is 0.0645. The Morgan fingerprint density at radius 1 is 0.826 bits per heavy atom. The fourth-order valence-electron chi connectivity index (χ4n) is 4.57. The summed E-state index contributed by atoms with van der Waals surface area (Å²) in [6, 6.07) is 15.3. The van der Waals surface area contributed by atoms with Gasteiger partial charge in [-0.2, -0.15) is 10.2 Å². The van der Waals surface area contributed by atoms with Crippen molar-refractivity contribution in [3.8, 4) is 11.1 Å². The minimum absolute atomic E-state index is 0. The third-order valence-electron chi connectivity index (χ3n) is 6.89. The number of nitrogens with one attached hydrogen (secondary N) is 2. The third-order valence-corrected chi connectivity index (χ3v) is 7.74. The van der Waals surface area contributed by atoms with Gasteiger partial charge in [0, 0.05) is 16.8 Å². The molecule has 12 nitrogen and oxygen atoms in total. The van der Waals surface area contributed by atoms with E-state index in [9.17, 15) is 32.5 Å². The van der Waals surface area contributed by atoms with Crippen LogP contribution in [0.25, 0.3) is 17.2 Å². The summed E-state index contributed by atoms with van der Waals surface area (Å²) in [6.45, 7) is 3.65. The normalized spacial score (nSPS) is 15.7. The van der Waals surface area contributed by atoms with E-state index < -0.39 is 43.8 Å². The molecule has 0 unspecified atom stereocenters. The predicted octanol–water partition coefficient (Wildman–Crippen LogP) is -3.31. The Morgan fingerprint density at radius 3 is 1.96 bits per heavy atom. The number of allylic oxidation sites excluding steroid dienone is 4. The van der Waals surface area contributed by atoms with Crippen LogP contribution in [0.5, 0.6) is 0 Å². The molecule has 0 heterocycles. The zero-order chi connectivity index (χ0) is 31.8. The van der Waals surface area contributed by atoms with Crippen molar-refractivity contribution < 1.29 is 91.6 Å². The van der Waals surface area contributed by atoms with E-state index in [0.29, 0.717) is 17.1 Å². The first-order chi connectivity index (χ1) is 20.8. The van der Waals surface area contributed by atoms with Crippen LogP contribution in [0.3, 0.4) is 0 Å². The summed E-state index contributed by atoms with van der Waals surface area (Å²) in [4.78, 5) is 35.1. The van der Waals surface area contributed by atoms with Crippen molar-refractivity contribution in [1.82, 2.24) is 0 Å². The number of anilines is 3. The standard InChI is InChI=1S/C31H25N5O7S.2Na/c1-16-11-18(4-8-25(16)34-33-22-7-10-27(37)24(15-22)31(39)40)19-5-9-26(17(2)12-19)35-36-29-28(44(41,42)43)13-20-3-6-21(32)14-23(20)30(29)38;;/h3-15,34-35H,32H2,1-2H3,(H,39,40)(H,41,42,43);;/q;2*+1/p-2/b33-22-,36-29+;;. The van der Waals surface area contributed by atoms with E-state index in [1.165, 1.54) is 24.3 Å². The van der Waals surface area contributed by atoms with Gasteiger partial charge in [0.2, 0.25) is 5.78 Å². The maximum absolute atomic E-state index is 13.1. The summed E-state index contributed by atoms with van der Waals surface area (Å²) >= 11 is 0. The van der Waals surface area contributed by atoms with Gasteiger partial charge in [-0.3, -0.25) is 20.4 Å². The van der Waals surface area contributed by atoms with Crippen molar-refractivity contribution in [3.05, 3.63) is 106 Å². The van der Waals surface area contributed by atoms with Gasteiger partial charge in [-0.05, 0) is 102 Å². The van der Waals surface area contributed by atoms with E-state index in [4.69, 9.17) is 5.73 Å². The van der Waals surface area contributed by atoms with E-state index in [-0.39, 0.29) is 76.0 Å². The van der Waals surface area contributed by atoms with Crippen molar-refractivity contribution in [2.45, 2.75) is 13.8 Å². The van der Waals surface area contributed by atoms with Crippen LogP contribution < -0.4 is 80.8 Å². The Balaban J connectivity index is 0.00000288. The van der Waals surface area contributed by atoms with Crippen molar-refractivity contribution in [1.29, 1.82) is 0 Å². The molecule has 3 aromatic carbocycles. The van der Waals surface area contributed by atoms with E-state index in [2.05, 4.69) is 21.1 Å². The van der Waals surface area contributed by atoms with Crippen LogP contribution in [0.2, 0.25) is 0 Å². The number of carboxylic acid groups (broad SMARTS) is 1. The molecule has 46 heavy (non-hydrogen) atoms. The van der Waals surface area contributed by atoms with Crippen molar-refractivity contribution >= 4 is 62.2 Å². The largest absolute Gasteiger partial charge is 1.00 e. The number of aryl methyl sites for hydroxylation is 2. The molecule has 2 aliphatic rings. The number of ketones is 2. The molecule has 0 spiro atoms. The summed E-state index contributed by atoms with van der Waals surface area (Å²) in [5.41, 5.74) is 15.7. The monoisotopic (exact) mass is 655 g/mol. The molecule has 0 aromatic heterocycles. The van der Waals surface area contributed by atoms with E-state index >= 15 is 0 Å². The summed E-state index contributed by atoms with van der Waals surface area (Å²) < 4.78 is 35.9. The molecule has 222 valence electrons. The number of carbonyl (C=O) groups is 3. The van der Waals surface area contributed by atoms with Gasteiger partial charge in [0.25, 0.3) is 0 Å². The number of hydrazone groups is 2. The molecule has 0 radical (unpaired) electrons. The van der Waals surface area contributed by atoms with E-state index in [1.807, 2.05) is 25.1 Å². The van der Waals surface area contributed by atoms with Gasteiger partial charge >= 0.3 is 59.1 Å². The second-order valence-corrected chi connectivity index (χ2v) is 11.3. The smallest absolute Gasteiger partial charge is 0.744 e. The van der Waals surface area contributed by atoms with Gasteiger partial charge in [0.15, 0.2) is 5.78 Å². The quantitative estimate of drug-likeness (QED) is 0.0577. The van der Waals surface area contributed by atoms with Gasteiger partial charge in [-0.15, -0.1) is 0 Å². The Kier molecular flexibility index (Phi) is 11.9. The van der Waals surface area contributed by atoms with Crippen LogP contribution in [0, 0.1) is 13.8 Å². The number of carbonyl (C=O) groups excluding carboxylic acids is 3. The number of benzene rings is 3. The maximum atomic E-state index is 13.1. The van der Waals surface area contributed by atoms with Crippen LogP contribution >= 0.6 is 0 Å². The SMILES string of the molecule is Cc1cc(-c2ccc(N/N=C3/C(=O)c4cc(N)ccc4C=C3S(=O)(=O)[O-])c(C)c2)ccc1N/N=C1/C=CC(=O)C(C(=O)[O-])=C1.[Na+].[Na+]. The summed E-state index contributed by atoms with van der Waals surface area (Å²) in [5, 5.41) is 19.3. The van der Waals surface area contributed by atoms with Crippen molar-refractivity contribution in [3.63, 3.8) is 0 Å². The molecule has 0 atom stereocenters. The number of rotatable bonds is 7. The second kappa shape index (κ2) is 14.8. The Morgan fingerprint density at radius 2 is 1.41 bits per heavy atom. The number of hydrogen-bond donors (Lipinski definition) is 3. The Bertz CT molecular complexity index is 2050. The molecule has 5 rings (SSSR count). The molecule has 0 saturated carbocycles. The number of nitrogens with two attached hydrogens (primary N) is 1. The molecule has 4 N–H and O–H groups in total. The number of aliphatic carboxylic acids is 1. The Labute approximate surface area is 308 Å². The minimum Gasteiger partial charge on any atom is -0.744 e. The van der Waals surface area contributed by atoms with Crippen LogP contribution in [0.1, 0.15) is 27.0 Å². The number of nitrogens with zero attached hydrogens (tertiary/aromatic N) is 2. The average Bonchev–Trinajstić information content (AvgIpc) is 2.96. The van der Waals surface area contributed by atoms with Crippen LogP contribution in [-0.4, -0.2) is 41.9 Å². The summed E-state index contributed by atoms with van der Waals surface area (Å²) in [6.07, 6.45) is 4.74. The molecule has 15 heteroatoms. The zero-order valence-electron chi connectivity index (χ0n) is 25.2. The maximum Gasteiger partial charge on any atom is 1.00 e. The van der Waals surface area contributed by atoms with Crippen LogP contribution in [0.15, 0.2) is 93.5 Å². The summed E-state index contributed by atoms with van der Waals surface area (Å²) in [7, 11) is -5.02.